The molecule has 2 aromatic carbocycles. The van der Waals surface area contributed by atoms with Crippen LogP contribution in [0.3, 0.4) is 0 Å². The molecule has 0 aromatic heterocycles. The van der Waals surface area contributed by atoms with Gasteiger partial charge in [0, 0.05) is 19.5 Å². The number of rotatable bonds is 22. The van der Waals surface area contributed by atoms with Crippen LogP contribution in [0.4, 0.5) is 0 Å². The predicted octanol–water partition coefficient (Wildman–Crippen LogP) is 10.7. The molecule has 0 saturated heterocycles. The zero-order chi connectivity index (χ0) is 34.8. The van der Waals surface area contributed by atoms with Crippen molar-refractivity contribution in [2.45, 2.75) is 155 Å². The molecule has 47 heavy (non-hydrogen) atoms. The largest absolute Gasteiger partial charge is 0.325 e. The summed E-state index contributed by atoms with van der Waals surface area (Å²) in [5, 5.41) is 0. The van der Waals surface area contributed by atoms with Gasteiger partial charge < -0.3 is 29.4 Å². The number of aryl methyl sites for hydroxylation is 2. The van der Waals surface area contributed by atoms with E-state index < -0.39 is 13.4 Å². The SMILES string of the molecule is CCCCCCCCCCCCc1ccccc1.CCCCCCCCCCCCc1ccccc1.OP(O)(O)=S.OP(O)(O)=S.[Zn]. The normalized spacial score (nSPS) is 10.7. The quantitative estimate of drug-likeness (QED) is 0.0396. The van der Waals surface area contributed by atoms with Gasteiger partial charge in [-0.3, -0.25) is 0 Å². The first-order chi connectivity index (χ1) is 21.9. The molecule has 0 aliphatic heterocycles. The fourth-order valence-electron chi connectivity index (χ4n) is 4.92. The van der Waals surface area contributed by atoms with E-state index in [0.29, 0.717) is 0 Å². The van der Waals surface area contributed by atoms with E-state index in [1.807, 2.05) is 0 Å². The smallest absolute Gasteiger partial charge is 0.319 e. The Bertz CT molecular complexity index is 882. The van der Waals surface area contributed by atoms with E-state index in [4.69, 9.17) is 29.4 Å². The van der Waals surface area contributed by atoms with Crippen molar-refractivity contribution >= 4 is 37.1 Å². The molecule has 0 heterocycles. The molecule has 2 rings (SSSR count). The Hall–Kier alpha value is 0.123. The third-order valence-electron chi connectivity index (χ3n) is 7.32. The zero-order valence-corrected chi connectivity index (χ0v) is 35.8. The minimum atomic E-state index is -3.81. The van der Waals surface area contributed by atoms with Crippen LogP contribution in [0.15, 0.2) is 60.7 Å². The van der Waals surface area contributed by atoms with Gasteiger partial charge in [-0.25, -0.2) is 0 Å². The first-order valence-corrected chi connectivity index (χ1v) is 22.8. The van der Waals surface area contributed by atoms with Gasteiger partial charge in [-0.2, -0.15) is 0 Å². The van der Waals surface area contributed by atoms with Crippen molar-refractivity contribution in [3.05, 3.63) is 71.8 Å². The van der Waals surface area contributed by atoms with E-state index in [1.54, 1.807) is 0 Å². The summed E-state index contributed by atoms with van der Waals surface area (Å²) in [6, 6.07) is 21.8. The number of unbranched alkanes of at least 4 members (excludes halogenated alkanes) is 18. The fourth-order valence-corrected chi connectivity index (χ4v) is 4.92. The average molecular weight is 786 g/mol. The van der Waals surface area contributed by atoms with Crippen molar-refractivity contribution in [3.63, 3.8) is 0 Å². The molecule has 0 spiro atoms. The molecule has 0 fully saturated rings. The third-order valence-corrected chi connectivity index (χ3v) is 7.32. The van der Waals surface area contributed by atoms with Crippen molar-refractivity contribution < 1.29 is 48.8 Å². The second-order valence-electron chi connectivity index (χ2n) is 11.9. The number of hydrogen-bond donors (Lipinski definition) is 6. The van der Waals surface area contributed by atoms with E-state index in [9.17, 15) is 0 Å². The Balaban J connectivity index is -0.000000630. The fraction of sp³-hybridized carbons (Fsp3) is 0.667. The second kappa shape index (κ2) is 37.4. The van der Waals surface area contributed by atoms with Crippen LogP contribution in [-0.2, 0) is 55.9 Å². The minimum Gasteiger partial charge on any atom is -0.325 e. The molecule has 11 heteroatoms. The van der Waals surface area contributed by atoms with E-state index in [1.165, 1.54) is 152 Å². The Morgan fingerprint density at radius 3 is 0.787 bits per heavy atom. The molecule has 0 aliphatic rings. The van der Waals surface area contributed by atoms with Crippen LogP contribution in [0.2, 0.25) is 0 Å². The molecule has 0 unspecified atom stereocenters. The maximum Gasteiger partial charge on any atom is 0.319 e. The Morgan fingerprint density at radius 1 is 0.383 bits per heavy atom. The second-order valence-corrected chi connectivity index (χ2v) is 16.9. The van der Waals surface area contributed by atoms with Gasteiger partial charge in [0.1, 0.15) is 0 Å². The van der Waals surface area contributed by atoms with Gasteiger partial charge >= 0.3 is 13.4 Å². The van der Waals surface area contributed by atoms with Crippen molar-refractivity contribution in [2.75, 3.05) is 0 Å². The standard InChI is InChI=1S/2C18H30.2H3O3PS.Zn/c2*1-2-3-4-5-6-7-8-9-10-12-15-18-16-13-11-14-17-18;2*1-4(2,3)5;/h2*11,13-14,16-17H,2-10,12,15H2,1H3;2*(H3,1,2,3,5);. The summed E-state index contributed by atoms with van der Waals surface area (Å²) in [7, 11) is 0. The monoisotopic (exact) mass is 784 g/mol. The molecular weight excluding hydrogens is 720 g/mol. The minimum absolute atomic E-state index is 0. The molecule has 6 nitrogen and oxygen atoms in total. The van der Waals surface area contributed by atoms with Gasteiger partial charge in [0.2, 0.25) is 0 Å². The van der Waals surface area contributed by atoms with E-state index in [0.717, 1.165) is 0 Å². The van der Waals surface area contributed by atoms with E-state index in [2.05, 4.69) is 98.1 Å². The molecule has 0 bridgehead atoms. The number of hydrogen-bond acceptors (Lipinski definition) is 2. The van der Waals surface area contributed by atoms with Gasteiger partial charge in [0.05, 0.1) is 0 Å². The molecule has 0 amide bonds. The van der Waals surface area contributed by atoms with Crippen LogP contribution < -0.4 is 0 Å². The predicted molar refractivity (Wildman–Crippen MR) is 206 cm³/mol. The Labute approximate surface area is 311 Å². The Kier molecular flexibility index (Phi) is 41.0. The van der Waals surface area contributed by atoms with Gasteiger partial charge in [-0.05, 0) is 60.4 Å². The van der Waals surface area contributed by atoms with E-state index in [-0.39, 0.29) is 19.5 Å². The van der Waals surface area contributed by atoms with Crippen molar-refractivity contribution in [1.82, 2.24) is 0 Å². The van der Waals surface area contributed by atoms with Crippen LogP contribution in [0.25, 0.3) is 0 Å². The summed E-state index contributed by atoms with van der Waals surface area (Å²) in [4.78, 5) is 45.3. The maximum atomic E-state index is 7.56. The molecule has 0 atom stereocenters. The zero-order valence-electron chi connectivity index (χ0n) is 29.4. The summed E-state index contributed by atoms with van der Waals surface area (Å²) < 4.78 is 0. The van der Waals surface area contributed by atoms with E-state index >= 15 is 0 Å². The van der Waals surface area contributed by atoms with Gasteiger partial charge in [0.25, 0.3) is 0 Å². The van der Waals surface area contributed by atoms with Crippen LogP contribution in [0, 0.1) is 0 Å². The number of benzene rings is 2. The Morgan fingerprint density at radius 2 is 0.574 bits per heavy atom. The summed E-state index contributed by atoms with van der Waals surface area (Å²) in [6.45, 7) is -3.04. The van der Waals surface area contributed by atoms with Gasteiger partial charge in [-0.15, -0.1) is 0 Å². The molecule has 6 N–H and O–H groups in total. The summed E-state index contributed by atoms with van der Waals surface area (Å²) in [6.07, 6.45) is 31.0. The molecule has 2 aromatic rings. The first kappa shape index (κ1) is 51.5. The van der Waals surface area contributed by atoms with Crippen LogP contribution in [0.5, 0.6) is 0 Å². The van der Waals surface area contributed by atoms with Crippen LogP contribution in [0.1, 0.15) is 153 Å². The topological polar surface area (TPSA) is 121 Å². The summed E-state index contributed by atoms with van der Waals surface area (Å²) >= 11 is 7.21. The van der Waals surface area contributed by atoms with Gasteiger partial charge in [0.15, 0.2) is 0 Å². The average Bonchev–Trinajstić information content (AvgIpc) is 2.99. The first-order valence-electron chi connectivity index (χ1n) is 17.5. The van der Waals surface area contributed by atoms with Crippen LogP contribution >= 0.6 is 13.4 Å². The summed E-state index contributed by atoms with van der Waals surface area (Å²) in [5.74, 6) is 0. The van der Waals surface area contributed by atoms with Crippen molar-refractivity contribution in [2.24, 2.45) is 0 Å². The summed E-state index contributed by atoms with van der Waals surface area (Å²) in [5.41, 5.74) is 2.99. The molecule has 270 valence electrons. The molecule has 0 saturated carbocycles. The molecule has 0 aliphatic carbocycles. The van der Waals surface area contributed by atoms with Crippen molar-refractivity contribution in [1.29, 1.82) is 0 Å². The van der Waals surface area contributed by atoms with Crippen LogP contribution in [-0.4, -0.2) is 29.4 Å². The molecule has 0 radical (unpaired) electrons. The van der Waals surface area contributed by atoms with Gasteiger partial charge in [-0.1, -0.05) is 190 Å². The molecular formula is C36H66O6P2S2Zn. The van der Waals surface area contributed by atoms with Crippen molar-refractivity contribution in [3.8, 4) is 0 Å². The third kappa shape index (κ3) is 55.8. The maximum absolute atomic E-state index is 7.56.